The molecule has 0 aliphatic carbocycles. The molecule has 0 unspecified atom stereocenters. The number of benzene rings is 2. The Morgan fingerprint density at radius 1 is 1.18 bits per heavy atom. The Morgan fingerprint density at radius 2 is 1.86 bits per heavy atom. The maximum absolute atomic E-state index is 12.6. The van der Waals surface area contributed by atoms with Crippen molar-refractivity contribution in [3.63, 3.8) is 0 Å². The molecular weight excluding hydrogens is 406 g/mol. The van der Waals surface area contributed by atoms with E-state index in [1.54, 1.807) is 31.4 Å². The molecule has 10 heteroatoms. The molecule has 0 fully saturated rings. The van der Waals surface area contributed by atoms with E-state index in [9.17, 15) is 13.2 Å². The third-order valence-electron chi connectivity index (χ3n) is 3.72. The van der Waals surface area contributed by atoms with Gasteiger partial charge in [0, 0.05) is 7.05 Å². The number of hydrazone groups is 1. The number of carbonyl (C=O) groups excluding carboxylic acids is 1. The Kier molecular flexibility index (Phi) is 7.38. The second-order valence-corrected chi connectivity index (χ2v) is 8.08. The normalized spacial score (nSPS) is 11.6. The van der Waals surface area contributed by atoms with Gasteiger partial charge >= 0.3 is 0 Å². The Labute approximate surface area is 168 Å². The molecule has 2 rings (SSSR count). The maximum atomic E-state index is 12.6. The van der Waals surface area contributed by atoms with Crippen LogP contribution in [0.2, 0.25) is 5.02 Å². The Morgan fingerprint density at radius 3 is 2.43 bits per heavy atom. The van der Waals surface area contributed by atoms with Gasteiger partial charge in [0.05, 0.1) is 36.9 Å². The monoisotopic (exact) mass is 425 g/mol. The minimum Gasteiger partial charge on any atom is -0.497 e. The third kappa shape index (κ3) is 5.44. The van der Waals surface area contributed by atoms with Crippen molar-refractivity contribution in [3.8, 4) is 11.5 Å². The summed E-state index contributed by atoms with van der Waals surface area (Å²) >= 11 is 5.98. The van der Waals surface area contributed by atoms with E-state index in [2.05, 4.69) is 10.5 Å². The lowest BCUT2D eigenvalue weighted by molar-refractivity contribution is -0.121. The van der Waals surface area contributed by atoms with E-state index in [1.807, 2.05) is 0 Å². The van der Waals surface area contributed by atoms with E-state index < -0.39 is 22.5 Å². The highest BCUT2D eigenvalue weighted by atomic mass is 35.5. The van der Waals surface area contributed by atoms with Crippen LogP contribution in [0.4, 0.5) is 0 Å². The second kappa shape index (κ2) is 9.54. The van der Waals surface area contributed by atoms with Gasteiger partial charge in [-0.25, -0.2) is 13.8 Å². The number of likely N-dealkylation sites (N-methyl/N-ethyl adjacent to an activating group) is 1. The fourth-order valence-corrected chi connectivity index (χ4v) is 3.66. The minimum absolute atomic E-state index is 0.0460. The van der Waals surface area contributed by atoms with Gasteiger partial charge in [-0.15, -0.1) is 0 Å². The molecule has 0 aliphatic rings. The van der Waals surface area contributed by atoms with Crippen molar-refractivity contribution >= 4 is 33.7 Å². The molecule has 0 heterocycles. The standard InChI is InChI=1S/C18H20ClN3O5S/c1-22(28(24,25)15-8-9-17(27-3)16(19)10-15)12-18(23)21-20-11-13-4-6-14(26-2)7-5-13/h4-11H,12H2,1-3H3,(H,21,23)/b20-11-. The molecule has 0 saturated heterocycles. The van der Waals surface area contributed by atoms with Crippen LogP contribution in [-0.2, 0) is 14.8 Å². The summed E-state index contributed by atoms with van der Waals surface area (Å²) in [4.78, 5) is 11.9. The SMILES string of the molecule is COc1ccc(/C=N\NC(=O)CN(C)S(=O)(=O)c2ccc(OC)c(Cl)c2)cc1. The smallest absolute Gasteiger partial charge is 0.255 e. The first kappa shape index (κ1) is 21.7. The van der Waals surface area contributed by atoms with Crippen LogP contribution >= 0.6 is 11.6 Å². The van der Waals surface area contributed by atoms with Gasteiger partial charge in [0.1, 0.15) is 11.5 Å². The lowest BCUT2D eigenvalue weighted by atomic mass is 10.2. The van der Waals surface area contributed by atoms with Gasteiger partial charge < -0.3 is 9.47 Å². The summed E-state index contributed by atoms with van der Waals surface area (Å²) in [5.41, 5.74) is 3.04. The number of carbonyl (C=O) groups is 1. The number of hydrogen-bond acceptors (Lipinski definition) is 6. The predicted molar refractivity (Wildman–Crippen MR) is 107 cm³/mol. The summed E-state index contributed by atoms with van der Waals surface area (Å²) in [5, 5.41) is 3.98. The fourth-order valence-electron chi connectivity index (χ4n) is 2.18. The van der Waals surface area contributed by atoms with E-state index in [1.165, 1.54) is 38.6 Å². The summed E-state index contributed by atoms with van der Waals surface area (Å²) in [6, 6.07) is 11.1. The molecule has 0 aliphatic heterocycles. The number of nitrogens with one attached hydrogen (secondary N) is 1. The highest BCUT2D eigenvalue weighted by molar-refractivity contribution is 7.89. The minimum atomic E-state index is -3.90. The zero-order valence-electron chi connectivity index (χ0n) is 15.5. The molecule has 0 aromatic heterocycles. The first-order valence-corrected chi connectivity index (χ1v) is 9.85. The van der Waals surface area contributed by atoms with Crippen molar-refractivity contribution in [2.45, 2.75) is 4.90 Å². The third-order valence-corrected chi connectivity index (χ3v) is 5.81. The number of ether oxygens (including phenoxy) is 2. The molecule has 2 aromatic carbocycles. The van der Waals surface area contributed by atoms with E-state index in [-0.39, 0.29) is 9.92 Å². The van der Waals surface area contributed by atoms with Gasteiger partial charge in [0.2, 0.25) is 10.0 Å². The van der Waals surface area contributed by atoms with Crippen molar-refractivity contribution in [1.82, 2.24) is 9.73 Å². The molecular formula is C18H20ClN3O5S. The van der Waals surface area contributed by atoms with Crippen LogP contribution in [0.15, 0.2) is 52.5 Å². The lowest BCUT2D eigenvalue weighted by Gasteiger charge is -2.16. The highest BCUT2D eigenvalue weighted by Gasteiger charge is 2.23. The lowest BCUT2D eigenvalue weighted by Crippen LogP contribution is -2.36. The van der Waals surface area contributed by atoms with Gasteiger partial charge in [-0.2, -0.15) is 9.41 Å². The number of nitrogens with zero attached hydrogens (tertiary/aromatic N) is 2. The van der Waals surface area contributed by atoms with Crippen LogP contribution in [0.1, 0.15) is 5.56 Å². The average Bonchev–Trinajstić information content (AvgIpc) is 2.68. The maximum Gasteiger partial charge on any atom is 0.255 e. The van der Waals surface area contributed by atoms with Gasteiger partial charge in [0.15, 0.2) is 0 Å². The number of rotatable bonds is 8. The van der Waals surface area contributed by atoms with Crippen LogP contribution in [0.3, 0.4) is 0 Å². The highest BCUT2D eigenvalue weighted by Crippen LogP contribution is 2.28. The molecule has 0 spiro atoms. The molecule has 150 valence electrons. The van der Waals surface area contributed by atoms with Gasteiger partial charge in [-0.05, 0) is 48.0 Å². The van der Waals surface area contributed by atoms with Crippen molar-refractivity contribution in [1.29, 1.82) is 0 Å². The summed E-state index contributed by atoms with van der Waals surface area (Å²) in [6.45, 7) is -0.411. The van der Waals surface area contributed by atoms with Gasteiger partial charge in [-0.3, -0.25) is 4.79 Å². The molecule has 8 nitrogen and oxygen atoms in total. The quantitative estimate of drug-likeness (QED) is 0.516. The van der Waals surface area contributed by atoms with Crippen LogP contribution in [0.25, 0.3) is 0 Å². The average molecular weight is 426 g/mol. The van der Waals surface area contributed by atoms with E-state index in [0.717, 1.165) is 9.87 Å². The summed E-state index contributed by atoms with van der Waals surface area (Å²) in [7, 11) is 0.384. The summed E-state index contributed by atoms with van der Waals surface area (Å²) < 4.78 is 36.1. The zero-order valence-corrected chi connectivity index (χ0v) is 17.1. The molecule has 1 N–H and O–H groups in total. The number of amides is 1. The van der Waals surface area contributed by atoms with Gasteiger partial charge in [-0.1, -0.05) is 11.6 Å². The topological polar surface area (TPSA) is 97.3 Å². The number of hydrogen-bond donors (Lipinski definition) is 1. The molecule has 28 heavy (non-hydrogen) atoms. The van der Waals surface area contributed by atoms with E-state index >= 15 is 0 Å². The summed E-state index contributed by atoms with van der Waals surface area (Å²) in [6.07, 6.45) is 1.44. The fraction of sp³-hybridized carbons (Fsp3) is 0.222. The second-order valence-electron chi connectivity index (χ2n) is 5.62. The molecule has 0 saturated carbocycles. The number of sulfonamides is 1. The Bertz CT molecular complexity index is 962. The Balaban J connectivity index is 1.98. The Hall–Kier alpha value is -2.62. The van der Waals surface area contributed by atoms with Crippen LogP contribution in [0, 0.1) is 0 Å². The van der Waals surface area contributed by atoms with Crippen molar-refractivity contribution in [2.75, 3.05) is 27.8 Å². The molecule has 2 aromatic rings. The van der Waals surface area contributed by atoms with E-state index in [4.69, 9.17) is 21.1 Å². The van der Waals surface area contributed by atoms with E-state index in [0.29, 0.717) is 11.5 Å². The van der Waals surface area contributed by atoms with Crippen molar-refractivity contribution in [2.24, 2.45) is 5.10 Å². The molecule has 0 atom stereocenters. The van der Waals surface area contributed by atoms with Crippen LogP contribution in [0.5, 0.6) is 11.5 Å². The van der Waals surface area contributed by atoms with Crippen LogP contribution < -0.4 is 14.9 Å². The molecule has 0 radical (unpaired) electrons. The first-order chi connectivity index (χ1) is 13.3. The van der Waals surface area contributed by atoms with Gasteiger partial charge in [0.25, 0.3) is 5.91 Å². The number of halogens is 1. The van der Waals surface area contributed by atoms with Crippen molar-refractivity contribution < 1.29 is 22.7 Å². The molecule has 1 amide bonds. The van der Waals surface area contributed by atoms with Crippen LogP contribution in [-0.4, -0.2) is 52.7 Å². The molecule has 0 bridgehead atoms. The summed E-state index contributed by atoms with van der Waals surface area (Å²) in [5.74, 6) is 0.468. The largest absolute Gasteiger partial charge is 0.497 e. The number of methoxy groups -OCH3 is 2. The zero-order chi connectivity index (χ0) is 20.7. The van der Waals surface area contributed by atoms with Crippen molar-refractivity contribution in [3.05, 3.63) is 53.1 Å². The predicted octanol–water partition coefficient (Wildman–Crippen LogP) is 2.13. The first-order valence-electron chi connectivity index (χ1n) is 8.03.